The highest BCUT2D eigenvalue weighted by molar-refractivity contribution is 9.10. The number of nitro benzene ring substituents is 1. The van der Waals surface area contributed by atoms with Gasteiger partial charge in [-0.2, -0.15) is 0 Å². The molecule has 0 saturated carbocycles. The van der Waals surface area contributed by atoms with E-state index in [-0.39, 0.29) is 23.5 Å². The predicted octanol–water partition coefficient (Wildman–Crippen LogP) is 5.09. The van der Waals surface area contributed by atoms with Crippen molar-refractivity contribution in [2.75, 3.05) is 0 Å². The Hall–Kier alpha value is -1.43. The molecule has 0 aliphatic carbocycles. The molecule has 21 heavy (non-hydrogen) atoms. The Bertz CT molecular complexity index is 734. The van der Waals surface area contributed by atoms with Gasteiger partial charge in [-0.3, -0.25) is 14.9 Å². The molecule has 0 aliphatic heterocycles. The van der Waals surface area contributed by atoms with Crippen LogP contribution < -0.4 is 0 Å². The summed E-state index contributed by atoms with van der Waals surface area (Å²) in [6, 6.07) is 9.05. The first-order valence-electron chi connectivity index (χ1n) is 5.79. The fraction of sp³-hybridized carbons (Fsp3) is 0.0714. The Kier molecular flexibility index (Phi) is 4.98. The number of nitrogens with zero attached hydrogens (tertiary/aromatic N) is 1. The number of non-ortho nitro benzene ring substituents is 1. The number of halogens is 3. The summed E-state index contributed by atoms with van der Waals surface area (Å²) in [5.41, 5.74) is 0.820. The van der Waals surface area contributed by atoms with E-state index in [2.05, 4.69) is 15.9 Å². The van der Waals surface area contributed by atoms with Gasteiger partial charge in [0.2, 0.25) is 0 Å². The smallest absolute Gasteiger partial charge is 0.271 e. The maximum atomic E-state index is 12.2. The molecule has 0 saturated heterocycles. The lowest BCUT2D eigenvalue weighted by molar-refractivity contribution is -0.385. The van der Waals surface area contributed by atoms with Crippen molar-refractivity contribution in [2.24, 2.45) is 0 Å². The molecule has 0 unspecified atom stereocenters. The van der Waals surface area contributed by atoms with Crippen LogP contribution in [-0.2, 0) is 6.42 Å². The summed E-state index contributed by atoms with van der Waals surface area (Å²) in [5.74, 6) is -0.238. The standard InChI is InChI=1S/C14H8BrCl2NO3/c15-10-5-9(6-11(7-10)18(20)21)14(19)4-8-1-2-12(16)13(17)3-8/h1-3,5-7H,4H2. The Morgan fingerprint density at radius 3 is 2.48 bits per heavy atom. The number of nitro groups is 1. The number of Topliss-reactive ketones (excluding diaryl/α,β-unsaturated/α-hetero) is 1. The fourth-order valence-electron chi connectivity index (χ4n) is 1.78. The van der Waals surface area contributed by atoms with Gasteiger partial charge in [-0.1, -0.05) is 45.2 Å². The maximum absolute atomic E-state index is 12.2. The lowest BCUT2D eigenvalue weighted by Crippen LogP contribution is -2.04. The number of carbonyl (C=O) groups is 1. The van der Waals surface area contributed by atoms with Gasteiger partial charge in [0.05, 0.1) is 15.0 Å². The summed E-state index contributed by atoms with van der Waals surface area (Å²) in [5, 5.41) is 11.6. The molecule has 2 rings (SSSR count). The minimum atomic E-state index is -0.541. The molecule has 4 nitrogen and oxygen atoms in total. The number of hydrogen-bond donors (Lipinski definition) is 0. The topological polar surface area (TPSA) is 60.2 Å². The monoisotopic (exact) mass is 387 g/mol. The molecular weight excluding hydrogens is 381 g/mol. The maximum Gasteiger partial charge on any atom is 0.271 e. The summed E-state index contributed by atoms with van der Waals surface area (Å²) >= 11 is 14.9. The van der Waals surface area contributed by atoms with Gasteiger partial charge < -0.3 is 0 Å². The van der Waals surface area contributed by atoms with Crippen LogP contribution in [0.5, 0.6) is 0 Å². The van der Waals surface area contributed by atoms with Gasteiger partial charge in [-0.15, -0.1) is 0 Å². The van der Waals surface area contributed by atoms with Gasteiger partial charge in [-0.05, 0) is 23.8 Å². The van der Waals surface area contributed by atoms with Crippen molar-refractivity contribution >= 4 is 50.6 Å². The molecule has 0 heterocycles. The first-order valence-corrected chi connectivity index (χ1v) is 7.34. The molecule has 2 aromatic carbocycles. The van der Waals surface area contributed by atoms with Crippen molar-refractivity contribution in [1.82, 2.24) is 0 Å². The van der Waals surface area contributed by atoms with E-state index in [0.29, 0.717) is 20.1 Å². The average Bonchev–Trinajstić information content (AvgIpc) is 2.42. The van der Waals surface area contributed by atoms with Crippen molar-refractivity contribution in [2.45, 2.75) is 6.42 Å². The normalized spacial score (nSPS) is 10.4. The summed E-state index contributed by atoms with van der Waals surface area (Å²) in [6.45, 7) is 0. The van der Waals surface area contributed by atoms with Crippen molar-refractivity contribution in [3.05, 3.63) is 72.2 Å². The molecule has 0 atom stereocenters. The highest BCUT2D eigenvalue weighted by Gasteiger charge is 2.14. The van der Waals surface area contributed by atoms with Crippen LogP contribution in [0.25, 0.3) is 0 Å². The van der Waals surface area contributed by atoms with Crippen LogP contribution in [0.2, 0.25) is 10.0 Å². The van der Waals surface area contributed by atoms with Gasteiger partial charge in [0, 0.05) is 28.6 Å². The molecule has 2 aromatic rings. The zero-order chi connectivity index (χ0) is 15.6. The lowest BCUT2D eigenvalue weighted by Gasteiger charge is -2.04. The van der Waals surface area contributed by atoms with E-state index in [1.165, 1.54) is 12.1 Å². The molecule has 0 spiro atoms. The van der Waals surface area contributed by atoms with Gasteiger partial charge in [0.15, 0.2) is 5.78 Å². The quantitative estimate of drug-likeness (QED) is 0.416. The summed E-state index contributed by atoms with van der Waals surface area (Å²) in [4.78, 5) is 22.5. The number of hydrogen-bond acceptors (Lipinski definition) is 3. The first kappa shape index (κ1) is 15.9. The fourth-order valence-corrected chi connectivity index (χ4v) is 2.58. The minimum absolute atomic E-state index is 0.0878. The van der Waals surface area contributed by atoms with Crippen molar-refractivity contribution in [3.63, 3.8) is 0 Å². The summed E-state index contributed by atoms with van der Waals surface area (Å²) < 4.78 is 0.481. The van der Waals surface area contributed by atoms with Crippen molar-refractivity contribution in [1.29, 1.82) is 0 Å². The third-order valence-corrected chi connectivity index (χ3v) is 3.96. The van der Waals surface area contributed by atoms with Crippen LogP contribution in [0.1, 0.15) is 15.9 Å². The predicted molar refractivity (Wildman–Crippen MR) is 85.3 cm³/mol. The zero-order valence-corrected chi connectivity index (χ0v) is 13.6. The second-order valence-electron chi connectivity index (χ2n) is 4.30. The van der Waals surface area contributed by atoms with E-state index in [1.54, 1.807) is 24.3 Å². The molecular formula is C14H8BrCl2NO3. The second-order valence-corrected chi connectivity index (χ2v) is 6.03. The third-order valence-electron chi connectivity index (χ3n) is 2.76. The van der Waals surface area contributed by atoms with E-state index in [0.717, 1.165) is 0 Å². The molecule has 0 amide bonds. The number of rotatable bonds is 4. The minimum Gasteiger partial charge on any atom is -0.294 e. The van der Waals surface area contributed by atoms with E-state index in [4.69, 9.17) is 23.2 Å². The van der Waals surface area contributed by atoms with E-state index in [1.807, 2.05) is 0 Å². The largest absolute Gasteiger partial charge is 0.294 e. The molecule has 0 radical (unpaired) electrons. The Labute approximate surface area is 139 Å². The summed E-state index contributed by atoms with van der Waals surface area (Å²) in [7, 11) is 0. The molecule has 108 valence electrons. The Balaban J connectivity index is 2.27. The van der Waals surface area contributed by atoms with Crippen LogP contribution in [0.4, 0.5) is 5.69 Å². The van der Waals surface area contributed by atoms with Crippen LogP contribution in [0.3, 0.4) is 0 Å². The Morgan fingerprint density at radius 1 is 1.14 bits per heavy atom. The molecule has 0 aromatic heterocycles. The lowest BCUT2D eigenvalue weighted by atomic mass is 10.0. The van der Waals surface area contributed by atoms with Gasteiger partial charge >= 0.3 is 0 Å². The number of carbonyl (C=O) groups excluding carboxylic acids is 1. The van der Waals surface area contributed by atoms with Gasteiger partial charge in [-0.25, -0.2) is 0 Å². The van der Waals surface area contributed by atoms with E-state index >= 15 is 0 Å². The zero-order valence-electron chi connectivity index (χ0n) is 10.5. The van der Waals surface area contributed by atoms with Gasteiger partial charge in [0.1, 0.15) is 0 Å². The number of ketones is 1. The van der Waals surface area contributed by atoms with Gasteiger partial charge in [0.25, 0.3) is 5.69 Å². The van der Waals surface area contributed by atoms with E-state index in [9.17, 15) is 14.9 Å². The molecule has 7 heteroatoms. The average molecular weight is 389 g/mol. The molecule has 0 fully saturated rings. The first-order chi connectivity index (χ1) is 9.86. The van der Waals surface area contributed by atoms with E-state index < -0.39 is 4.92 Å². The van der Waals surface area contributed by atoms with Crippen LogP contribution in [0, 0.1) is 10.1 Å². The van der Waals surface area contributed by atoms with Crippen molar-refractivity contribution in [3.8, 4) is 0 Å². The van der Waals surface area contributed by atoms with Crippen LogP contribution >= 0.6 is 39.1 Å². The van der Waals surface area contributed by atoms with Crippen LogP contribution in [-0.4, -0.2) is 10.7 Å². The summed E-state index contributed by atoms with van der Waals surface area (Å²) in [6.07, 6.45) is 0.0878. The third kappa shape index (κ3) is 4.03. The second kappa shape index (κ2) is 6.56. The molecule has 0 aliphatic rings. The van der Waals surface area contributed by atoms with Crippen molar-refractivity contribution < 1.29 is 9.72 Å². The molecule has 0 N–H and O–H groups in total. The van der Waals surface area contributed by atoms with Crippen LogP contribution in [0.15, 0.2) is 40.9 Å². The highest BCUT2D eigenvalue weighted by atomic mass is 79.9. The molecule has 0 bridgehead atoms. The SMILES string of the molecule is O=C(Cc1ccc(Cl)c(Cl)c1)c1cc(Br)cc([N+](=O)[O-])c1. The number of benzene rings is 2. The Morgan fingerprint density at radius 2 is 1.86 bits per heavy atom. The highest BCUT2D eigenvalue weighted by Crippen LogP contribution is 2.25.